The van der Waals surface area contributed by atoms with Crippen molar-refractivity contribution in [3.8, 4) is 5.75 Å². The van der Waals surface area contributed by atoms with E-state index in [1.54, 1.807) is 7.11 Å². The third-order valence-corrected chi connectivity index (χ3v) is 4.96. The predicted molar refractivity (Wildman–Crippen MR) is 105 cm³/mol. The number of fused-ring (bicyclic) bond motifs is 1. The largest absolute Gasteiger partial charge is 0.496 e. The van der Waals surface area contributed by atoms with Crippen molar-refractivity contribution < 1.29 is 9.53 Å². The zero-order chi connectivity index (χ0) is 17.3. The highest BCUT2D eigenvalue weighted by molar-refractivity contribution is 7.21. The van der Waals surface area contributed by atoms with Gasteiger partial charge in [0.25, 0.3) is 5.91 Å². The Morgan fingerprint density at radius 1 is 1.32 bits per heavy atom. The SMILES string of the molecule is COc1ccccc1CNC(=O)c1sc2nc(C)cc(C)c2c1N.Cl. The second-order valence-electron chi connectivity index (χ2n) is 5.60. The molecule has 3 aromatic rings. The molecule has 3 rings (SSSR count). The molecule has 25 heavy (non-hydrogen) atoms. The van der Waals surface area contributed by atoms with Crippen LogP contribution in [0.4, 0.5) is 5.69 Å². The van der Waals surface area contributed by atoms with Crippen molar-refractivity contribution in [1.82, 2.24) is 10.3 Å². The number of rotatable bonds is 4. The number of carbonyl (C=O) groups is 1. The van der Waals surface area contributed by atoms with Gasteiger partial charge in [-0.3, -0.25) is 4.79 Å². The minimum Gasteiger partial charge on any atom is -0.496 e. The molecule has 5 nitrogen and oxygen atoms in total. The summed E-state index contributed by atoms with van der Waals surface area (Å²) in [5.41, 5.74) is 9.57. The van der Waals surface area contributed by atoms with Crippen LogP contribution in [0.25, 0.3) is 10.2 Å². The van der Waals surface area contributed by atoms with E-state index in [4.69, 9.17) is 10.5 Å². The van der Waals surface area contributed by atoms with E-state index in [0.29, 0.717) is 17.1 Å². The number of amides is 1. The molecule has 2 heterocycles. The number of aromatic nitrogens is 1. The number of hydrogen-bond donors (Lipinski definition) is 2. The molecule has 132 valence electrons. The quantitative estimate of drug-likeness (QED) is 0.723. The molecule has 0 atom stereocenters. The summed E-state index contributed by atoms with van der Waals surface area (Å²) in [7, 11) is 1.61. The van der Waals surface area contributed by atoms with Crippen LogP contribution < -0.4 is 15.8 Å². The van der Waals surface area contributed by atoms with Crippen molar-refractivity contribution in [1.29, 1.82) is 0 Å². The maximum atomic E-state index is 12.6. The first-order valence-corrected chi connectivity index (χ1v) is 8.39. The Morgan fingerprint density at radius 2 is 2.04 bits per heavy atom. The molecule has 0 bridgehead atoms. The van der Waals surface area contributed by atoms with E-state index >= 15 is 0 Å². The van der Waals surface area contributed by atoms with E-state index < -0.39 is 0 Å². The molecule has 7 heteroatoms. The number of nitrogen functional groups attached to an aromatic ring is 1. The number of ether oxygens (including phenoxy) is 1. The molecule has 0 aliphatic rings. The zero-order valence-corrected chi connectivity index (χ0v) is 15.9. The van der Waals surface area contributed by atoms with Gasteiger partial charge < -0.3 is 15.8 Å². The maximum Gasteiger partial charge on any atom is 0.263 e. The number of hydrogen-bond acceptors (Lipinski definition) is 5. The number of benzene rings is 1. The molecule has 0 saturated carbocycles. The number of halogens is 1. The molecule has 3 N–H and O–H groups in total. The standard InChI is InChI=1S/C18H19N3O2S.ClH/c1-10-8-11(2)21-18-14(10)15(19)16(24-18)17(22)20-9-12-6-4-5-7-13(12)23-3;/h4-8H,9,19H2,1-3H3,(H,20,22);1H. The smallest absolute Gasteiger partial charge is 0.263 e. The van der Waals surface area contributed by atoms with Gasteiger partial charge in [-0.05, 0) is 31.5 Å². The molecular formula is C18H20ClN3O2S. The van der Waals surface area contributed by atoms with Gasteiger partial charge in [0.1, 0.15) is 15.5 Å². The number of nitrogens with two attached hydrogens (primary N) is 1. The molecule has 2 aromatic heterocycles. The number of para-hydroxylation sites is 1. The van der Waals surface area contributed by atoms with E-state index in [9.17, 15) is 4.79 Å². The van der Waals surface area contributed by atoms with Crippen LogP contribution in [0.3, 0.4) is 0 Å². The van der Waals surface area contributed by atoms with Gasteiger partial charge >= 0.3 is 0 Å². The predicted octanol–water partition coefficient (Wildman–Crippen LogP) is 3.86. The molecule has 0 aliphatic heterocycles. The summed E-state index contributed by atoms with van der Waals surface area (Å²) in [6.07, 6.45) is 0. The lowest BCUT2D eigenvalue weighted by Crippen LogP contribution is -2.22. The lowest BCUT2D eigenvalue weighted by molar-refractivity contribution is 0.0955. The van der Waals surface area contributed by atoms with Gasteiger partial charge in [-0.25, -0.2) is 4.98 Å². The van der Waals surface area contributed by atoms with Gasteiger partial charge in [0.05, 0.1) is 12.8 Å². The number of anilines is 1. The molecule has 0 aliphatic carbocycles. The van der Waals surface area contributed by atoms with Gasteiger partial charge in [-0.2, -0.15) is 0 Å². The maximum absolute atomic E-state index is 12.6. The summed E-state index contributed by atoms with van der Waals surface area (Å²) >= 11 is 1.33. The summed E-state index contributed by atoms with van der Waals surface area (Å²) in [4.78, 5) is 18.3. The minimum absolute atomic E-state index is 0. The van der Waals surface area contributed by atoms with E-state index in [1.165, 1.54) is 11.3 Å². The van der Waals surface area contributed by atoms with Crippen molar-refractivity contribution in [2.75, 3.05) is 12.8 Å². The second kappa shape index (κ2) is 7.72. The Morgan fingerprint density at radius 3 is 2.76 bits per heavy atom. The Kier molecular flexibility index (Phi) is 5.87. The number of nitrogens with one attached hydrogen (secondary N) is 1. The first-order valence-electron chi connectivity index (χ1n) is 7.57. The number of aryl methyl sites for hydroxylation is 2. The van der Waals surface area contributed by atoms with E-state index in [0.717, 1.165) is 32.8 Å². The lowest BCUT2D eigenvalue weighted by Gasteiger charge is -2.09. The van der Waals surface area contributed by atoms with Gasteiger partial charge in [-0.15, -0.1) is 23.7 Å². The average Bonchev–Trinajstić information content (AvgIpc) is 2.89. The van der Waals surface area contributed by atoms with Crippen molar-refractivity contribution in [3.05, 3.63) is 52.0 Å². The molecule has 0 saturated heterocycles. The average molecular weight is 378 g/mol. The number of pyridine rings is 1. The molecule has 0 radical (unpaired) electrons. The van der Waals surface area contributed by atoms with Gasteiger partial charge in [0, 0.05) is 23.2 Å². The van der Waals surface area contributed by atoms with Gasteiger partial charge in [-0.1, -0.05) is 18.2 Å². The Balaban J connectivity index is 0.00000225. The van der Waals surface area contributed by atoms with Crippen LogP contribution in [0.2, 0.25) is 0 Å². The van der Waals surface area contributed by atoms with Crippen LogP contribution in [-0.2, 0) is 6.54 Å². The highest BCUT2D eigenvalue weighted by Crippen LogP contribution is 2.35. The van der Waals surface area contributed by atoms with Crippen LogP contribution in [0.5, 0.6) is 5.75 Å². The molecule has 0 fully saturated rings. The summed E-state index contributed by atoms with van der Waals surface area (Å²) in [5, 5.41) is 3.78. The highest BCUT2D eigenvalue weighted by atomic mass is 35.5. The first kappa shape index (κ1) is 19.0. The van der Waals surface area contributed by atoms with Gasteiger partial charge in [0.2, 0.25) is 0 Å². The van der Waals surface area contributed by atoms with Crippen molar-refractivity contribution in [2.45, 2.75) is 20.4 Å². The van der Waals surface area contributed by atoms with E-state index in [1.807, 2.05) is 44.2 Å². The van der Waals surface area contributed by atoms with Crippen molar-refractivity contribution >= 4 is 45.6 Å². The Hall–Kier alpha value is -2.31. The van der Waals surface area contributed by atoms with Crippen molar-refractivity contribution in [3.63, 3.8) is 0 Å². The van der Waals surface area contributed by atoms with Crippen LogP contribution >= 0.6 is 23.7 Å². The fourth-order valence-corrected chi connectivity index (χ4v) is 3.88. The molecule has 1 amide bonds. The third kappa shape index (κ3) is 3.70. The first-order chi connectivity index (χ1) is 11.5. The zero-order valence-electron chi connectivity index (χ0n) is 14.3. The highest BCUT2D eigenvalue weighted by Gasteiger charge is 2.19. The fourth-order valence-electron chi connectivity index (χ4n) is 2.74. The summed E-state index contributed by atoms with van der Waals surface area (Å²) < 4.78 is 5.30. The lowest BCUT2D eigenvalue weighted by atomic mass is 10.1. The summed E-state index contributed by atoms with van der Waals surface area (Å²) in [6, 6.07) is 9.56. The van der Waals surface area contributed by atoms with Crippen LogP contribution in [0.15, 0.2) is 30.3 Å². The topological polar surface area (TPSA) is 77.2 Å². The van der Waals surface area contributed by atoms with Crippen LogP contribution in [-0.4, -0.2) is 18.0 Å². The molecular weight excluding hydrogens is 358 g/mol. The monoisotopic (exact) mass is 377 g/mol. The van der Waals surface area contributed by atoms with Crippen LogP contribution in [0, 0.1) is 13.8 Å². The van der Waals surface area contributed by atoms with Crippen molar-refractivity contribution in [2.24, 2.45) is 0 Å². The Labute approximate surface area is 156 Å². The third-order valence-electron chi connectivity index (χ3n) is 3.86. The number of nitrogens with zero attached hydrogens (tertiary/aromatic N) is 1. The number of methoxy groups -OCH3 is 1. The Bertz CT molecular complexity index is 924. The molecule has 1 aromatic carbocycles. The van der Waals surface area contributed by atoms with Crippen LogP contribution in [0.1, 0.15) is 26.5 Å². The summed E-state index contributed by atoms with van der Waals surface area (Å²) in [5.74, 6) is 0.550. The number of thiophene rings is 1. The second-order valence-corrected chi connectivity index (χ2v) is 6.60. The van der Waals surface area contributed by atoms with E-state index in [2.05, 4.69) is 10.3 Å². The molecule has 0 unspecified atom stereocenters. The fraction of sp³-hybridized carbons (Fsp3) is 0.222. The molecule has 0 spiro atoms. The van der Waals surface area contributed by atoms with Gasteiger partial charge in [0.15, 0.2) is 0 Å². The normalized spacial score (nSPS) is 10.4. The number of carbonyl (C=O) groups excluding carboxylic acids is 1. The minimum atomic E-state index is -0.196. The summed E-state index contributed by atoms with van der Waals surface area (Å²) in [6.45, 7) is 4.29. The van der Waals surface area contributed by atoms with E-state index in [-0.39, 0.29) is 18.3 Å².